The molecule has 1 fully saturated rings. The predicted octanol–water partition coefficient (Wildman–Crippen LogP) is 3.50. The zero-order chi connectivity index (χ0) is 20.7. The zero-order valence-corrected chi connectivity index (χ0v) is 17.7. The van der Waals surface area contributed by atoms with Crippen LogP contribution in [0, 0.1) is 0 Å². The van der Waals surface area contributed by atoms with E-state index in [1.807, 2.05) is 27.7 Å². The third-order valence-electron chi connectivity index (χ3n) is 4.77. The summed E-state index contributed by atoms with van der Waals surface area (Å²) in [7, 11) is 0. The fourth-order valence-electron chi connectivity index (χ4n) is 3.24. The molecule has 6 heteroatoms. The van der Waals surface area contributed by atoms with E-state index in [1.165, 1.54) is 5.56 Å². The number of hydrogen-bond acceptors (Lipinski definition) is 5. The highest BCUT2D eigenvalue weighted by molar-refractivity contribution is 5.68. The molecule has 1 heterocycles. The minimum atomic E-state index is -0.475. The second-order valence-electron chi connectivity index (χ2n) is 8.30. The molecule has 1 amide bonds. The molecule has 1 aromatic rings. The largest absolute Gasteiger partial charge is 0.444 e. The molecule has 1 saturated heterocycles. The smallest absolute Gasteiger partial charge is 0.410 e. The maximum atomic E-state index is 12.3. The summed E-state index contributed by atoms with van der Waals surface area (Å²) < 4.78 is 11.3. The zero-order valence-electron chi connectivity index (χ0n) is 17.7. The SMILES string of the molecule is C=CCOCC(c1ccc([C@H](C)N)cc1)N1CCN(C(=O)OC(C)(C)C)CC1. The molecule has 0 radical (unpaired) electrons. The number of benzene rings is 1. The van der Waals surface area contributed by atoms with Crippen molar-refractivity contribution in [3.63, 3.8) is 0 Å². The molecule has 6 nitrogen and oxygen atoms in total. The van der Waals surface area contributed by atoms with Crippen LogP contribution in [0.15, 0.2) is 36.9 Å². The van der Waals surface area contributed by atoms with Crippen LogP contribution in [0.4, 0.5) is 4.79 Å². The first-order chi connectivity index (χ1) is 13.2. The number of piperazine rings is 1. The van der Waals surface area contributed by atoms with Gasteiger partial charge in [-0.05, 0) is 38.8 Å². The van der Waals surface area contributed by atoms with Crippen LogP contribution in [0.3, 0.4) is 0 Å². The second kappa shape index (κ2) is 10.0. The van der Waals surface area contributed by atoms with Crippen molar-refractivity contribution in [1.82, 2.24) is 9.80 Å². The highest BCUT2D eigenvalue weighted by atomic mass is 16.6. The van der Waals surface area contributed by atoms with Gasteiger partial charge >= 0.3 is 6.09 Å². The van der Waals surface area contributed by atoms with Crippen molar-refractivity contribution in [3.8, 4) is 0 Å². The Kier molecular flexibility index (Phi) is 8.04. The summed E-state index contributed by atoms with van der Waals surface area (Å²) >= 11 is 0. The molecule has 1 aliphatic rings. The molecule has 0 aromatic heterocycles. The van der Waals surface area contributed by atoms with Gasteiger partial charge in [0.05, 0.1) is 19.3 Å². The van der Waals surface area contributed by atoms with E-state index in [-0.39, 0.29) is 18.2 Å². The minimum absolute atomic E-state index is 0.0156. The van der Waals surface area contributed by atoms with Gasteiger partial charge in [0.15, 0.2) is 0 Å². The third-order valence-corrected chi connectivity index (χ3v) is 4.77. The van der Waals surface area contributed by atoms with Crippen molar-refractivity contribution in [2.45, 2.75) is 45.4 Å². The maximum Gasteiger partial charge on any atom is 0.410 e. The first-order valence-corrected chi connectivity index (χ1v) is 9.97. The van der Waals surface area contributed by atoms with Crippen molar-refractivity contribution in [1.29, 1.82) is 0 Å². The average molecular weight is 390 g/mol. The van der Waals surface area contributed by atoms with Gasteiger partial charge in [0.25, 0.3) is 0 Å². The Balaban J connectivity index is 2.04. The topological polar surface area (TPSA) is 68.0 Å². The molecule has 1 unspecified atom stereocenters. The number of amides is 1. The Morgan fingerprint density at radius 3 is 2.25 bits per heavy atom. The summed E-state index contributed by atoms with van der Waals surface area (Å²) in [6.07, 6.45) is 1.52. The van der Waals surface area contributed by atoms with E-state index in [1.54, 1.807) is 11.0 Å². The summed E-state index contributed by atoms with van der Waals surface area (Å²) in [5, 5.41) is 0. The molecule has 2 N–H and O–H groups in total. The van der Waals surface area contributed by atoms with Gasteiger partial charge in [-0.15, -0.1) is 6.58 Å². The Morgan fingerprint density at radius 2 is 1.75 bits per heavy atom. The Morgan fingerprint density at radius 1 is 1.18 bits per heavy atom. The molecule has 1 aliphatic heterocycles. The number of rotatable bonds is 7. The molecule has 156 valence electrons. The first-order valence-electron chi connectivity index (χ1n) is 9.97. The van der Waals surface area contributed by atoms with Crippen LogP contribution < -0.4 is 5.73 Å². The lowest BCUT2D eigenvalue weighted by Gasteiger charge is -2.39. The highest BCUT2D eigenvalue weighted by Gasteiger charge is 2.29. The Labute approximate surface area is 169 Å². The quantitative estimate of drug-likeness (QED) is 0.571. The molecule has 0 saturated carbocycles. The Hall–Kier alpha value is -1.89. The average Bonchev–Trinajstić information content (AvgIpc) is 2.64. The first kappa shape index (κ1) is 22.4. The van der Waals surface area contributed by atoms with E-state index in [0.29, 0.717) is 26.3 Å². The number of hydrogen-bond donors (Lipinski definition) is 1. The number of carbonyl (C=O) groups excluding carboxylic acids is 1. The lowest BCUT2D eigenvalue weighted by atomic mass is 10.0. The summed E-state index contributed by atoms with van der Waals surface area (Å²) in [6, 6.07) is 8.56. The van der Waals surface area contributed by atoms with Crippen LogP contribution in [0.5, 0.6) is 0 Å². The molecule has 2 rings (SSSR count). The summed E-state index contributed by atoms with van der Waals surface area (Å²) in [5.41, 5.74) is 7.81. The number of nitrogens with two attached hydrogens (primary N) is 1. The van der Waals surface area contributed by atoms with Gasteiger partial charge in [-0.25, -0.2) is 4.79 Å². The molecule has 28 heavy (non-hydrogen) atoms. The van der Waals surface area contributed by atoms with Gasteiger partial charge in [0, 0.05) is 32.2 Å². The Bertz CT molecular complexity index is 629. The second-order valence-corrected chi connectivity index (χ2v) is 8.30. The van der Waals surface area contributed by atoms with E-state index in [4.69, 9.17) is 15.2 Å². The summed E-state index contributed by atoms with van der Waals surface area (Å²) in [6.45, 7) is 15.3. The lowest BCUT2D eigenvalue weighted by Crippen LogP contribution is -2.51. The van der Waals surface area contributed by atoms with Crippen LogP contribution in [0.2, 0.25) is 0 Å². The normalized spacial score (nSPS) is 17.8. The molecule has 2 atom stereocenters. The molecule has 0 bridgehead atoms. The van der Waals surface area contributed by atoms with Gasteiger partial charge < -0.3 is 20.1 Å². The summed E-state index contributed by atoms with van der Waals surface area (Å²) in [5.74, 6) is 0. The monoisotopic (exact) mass is 389 g/mol. The van der Waals surface area contributed by atoms with Crippen LogP contribution >= 0.6 is 0 Å². The van der Waals surface area contributed by atoms with E-state index >= 15 is 0 Å². The number of nitrogens with zero attached hydrogens (tertiary/aromatic N) is 2. The standard InChI is InChI=1S/C22H35N3O3/c1-6-15-27-16-20(19-9-7-18(8-10-19)17(2)23)24-11-13-25(14-12-24)21(26)28-22(3,4)5/h6-10,17,20H,1,11-16,23H2,2-5H3/t17-,20?/m0/s1. The van der Waals surface area contributed by atoms with Crippen molar-refractivity contribution in [3.05, 3.63) is 48.0 Å². The fraction of sp³-hybridized carbons (Fsp3) is 0.591. The van der Waals surface area contributed by atoms with Crippen molar-refractivity contribution in [2.75, 3.05) is 39.4 Å². The van der Waals surface area contributed by atoms with Gasteiger partial charge in [-0.2, -0.15) is 0 Å². The number of carbonyl (C=O) groups is 1. The van der Waals surface area contributed by atoms with E-state index in [0.717, 1.165) is 18.7 Å². The van der Waals surface area contributed by atoms with E-state index < -0.39 is 5.60 Å². The predicted molar refractivity (Wildman–Crippen MR) is 112 cm³/mol. The van der Waals surface area contributed by atoms with Gasteiger partial charge in [0.2, 0.25) is 0 Å². The van der Waals surface area contributed by atoms with Crippen LogP contribution in [0.25, 0.3) is 0 Å². The molecule has 1 aromatic carbocycles. The summed E-state index contributed by atoms with van der Waals surface area (Å²) in [4.78, 5) is 16.5. The van der Waals surface area contributed by atoms with E-state index in [9.17, 15) is 4.79 Å². The highest BCUT2D eigenvalue weighted by Crippen LogP contribution is 2.25. The maximum absolute atomic E-state index is 12.3. The molecule has 0 aliphatic carbocycles. The van der Waals surface area contributed by atoms with Crippen LogP contribution in [-0.2, 0) is 9.47 Å². The molecular formula is C22H35N3O3. The van der Waals surface area contributed by atoms with E-state index in [2.05, 4.69) is 35.7 Å². The van der Waals surface area contributed by atoms with Gasteiger partial charge in [0.1, 0.15) is 5.60 Å². The van der Waals surface area contributed by atoms with Gasteiger partial charge in [-0.1, -0.05) is 30.3 Å². The molecular weight excluding hydrogens is 354 g/mol. The van der Waals surface area contributed by atoms with Crippen LogP contribution in [-0.4, -0.2) is 60.9 Å². The van der Waals surface area contributed by atoms with Gasteiger partial charge in [-0.3, -0.25) is 4.90 Å². The fourth-order valence-corrected chi connectivity index (χ4v) is 3.24. The van der Waals surface area contributed by atoms with Crippen LogP contribution in [0.1, 0.15) is 50.9 Å². The number of ether oxygens (including phenoxy) is 2. The van der Waals surface area contributed by atoms with Crippen molar-refractivity contribution >= 4 is 6.09 Å². The molecule has 0 spiro atoms. The van der Waals surface area contributed by atoms with Crippen molar-refractivity contribution < 1.29 is 14.3 Å². The van der Waals surface area contributed by atoms with Crippen molar-refractivity contribution in [2.24, 2.45) is 5.73 Å². The lowest BCUT2D eigenvalue weighted by molar-refractivity contribution is 0.00235. The third kappa shape index (κ3) is 6.62. The minimum Gasteiger partial charge on any atom is -0.444 e.